The molecular formula is C19H31FO. The van der Waals surface area contributed by atoms with E-state index < -0.39 is 6.17 Å². The van der Waals surface area contributed by atoms with Crippen LogP contribution < -0.4 is 0 Å². The molecule has 21 heavy (non-hydrogen) atoms. The third-order valence-electron chi connectivity index (χ3n) is 8.44. The van der Waals surface area contributed by atoms with Crippen molar-refractivity contribution in [2.45, 2.75) is 77.3 Å². The van der Waals surface area contributed by atoms with Crippen molar-refractivity contribution in [3.63, 3.8) is 0 Å². The molecule has 4 aliphatic rings. The molecule has 0 aromatic heterocycles. The predicted octanol–water partition coefficient (Wildman–Crippen LogP) is 4.73. The zero-order chi connectivity index (χ0) is 14.7. The third kappa shape index (κ3) is 1.97. The zero-order valence-corrected chi connectivity index (χ0v) is 13.5. The highest BCUT2D eigenvalue weighted by molar-refractivity contribution is 5.08. The summed E-state index contributed by atoms with van der Waals surface area (Å²) in [5.74, 6) is 3.03. The lowest BCUT2D eigenvalue weighted by Crippen LogP contribution is -2.54. The Kier molecular flexibility index (Phi) is 3.41. The first-order chi connectivity index (χ1) is 10.1. The largest absolute Gasteiger partial charge is 0.396 e. The second kappa shape index (κ2) is 4.94. The van der Waals surface area contributed by atoms with E-state index >= 15 is 0 Å². The Hall–Kier alpha value is -0.110. The van der Waals surface area contributed by atoms with Gasteiger partial charge in [-0.1, -0.05) is 13.3 Å². The van der Waals surface area contributed by atoms with Crippen molar-refractivity contribution in [1.82, 2.24) is 0 Å². The van der Waals surface area contributed by atoms with Crippen molar-refractivity contribution in [3.05, 3.63) is 0 Å². The van der Waals surface area contributed by atoms with Crippen LogP contribution in [0.2, 0.25) is 0 Å². The number of alkyl halides is 1. The van der Waals surface area contributed by atoms with Crippen LogP contribution in [0.5, 0.6) is 0 Å². The highest BCUT2D eigenvalue weighted by atomic mass is 19.1. The van der Waals surface area contributed by atoms with Gasteiger partial charge in [-0.2, -0.15) is 0 Å². The topological polar surface area (TPSA) is 20.2 Å². The molecule has 1 nitrogen and oxygen atoms in total. The summed E-state index contributed by atoms with van der Waals surface area (Å²) in [6.45, 7) is 2.90. The van der Waals surface area contributed by atoms with Gasteiger partial charge in [0.25, 0.3) is 0 Å². The molecule has 120 valence electrons. The lowest BCUT2D eigenvalue weighted by Gasteiger charge is -2.60. The summed E-state index contributed by atoms with van der Waals surface area (Å²) in [5, 5.41) is 10.0. The normalized spacial score (nSPS) is 56.4. The van der Waals surface area contributed by atoms with Crippen LogP contribution in [-0.2, 0) is 0 Å². The second-order valence-corrected chi connectivity index (χ2v) is 8.98. The molecule has 0 radical (unpaired) electrons. The van der Waals surface area contributed by atoms with E-state index in [2.05, 4.69) is 6.92 Å². The van der Waals surface area contributed by atoms with Gasteiger partial charge in [0.1, 0.15) is 6.17 Å². The molecule has 4 aliphatic carbocycles. The van der Waals surface area contributed by atoms with E-state index in [0.717, 1.165) is 37.0 Å². The Morgan fingerprint density at radius 1 is 1.00 bits per heavy atom. The molecule has 0 amide bonds. The van der Waals surface area contributed by atoms with Gasteiger partial charge in [-0.25, -0.2) is 4.39 Å². The Morgan fingerprint density at radius 3 is 2.67 bits per heavy atom. The van der Waals surface area contributed by atoms with E-state index in [0.29, 0.717) is 17.9 Å². The number of aliphatic hydroxyl groups excluding tert-OH is 1. The summed E-state index contributed by atoms with van der Waals surface area (Å²) in [4.78, 5) is 0. The fraction of sp³-hybridized carbons (Fsp3) is 1.00. The zero-order valence-electron chi connectivity index (χ0n) is 13.5. The lowest BCUT2D eigenvalue weighted by molar-refractivity contribution is -0.125. The summed E-state index contributed by atoms with van der Waals surface area (Å²) in [6.07, 6.45) is 11.2. The van der Waals surface area contributed by atoms with Gasteiger partial charge < -0.3 is 5.11 Å². The van der Waals surface area contributed by atoms with Gasteiger partial charge in [0, 0.05) is 6.61 Å². The highest BCUT2D eigenvalue weighted by Gasteiger charge is 2.58. The minimum Gasteiger partial charge on any atom is -0.396 e. The van der Waals surface area contributed by atoms with Gasteiger partial charge in [0.05, 0.1) is 0 Å². The molecule has 7 atom stereocenters. The minimum atomic E-state index is -0.536. The smallest absolute Gasteiger partial charge is 0.100 e. The van der Waals surface area contributed by atoms with E-state index in [4.69, 9.17) is 0 Å². The van der Waals surface area contributed by atoms with Crippen molar-refractivity contribution in [1.29, 1.82) is 0 Å². The number of aliphatic hydroxyl groups is 1. The van der Waals surface area contributed by atoms with Crippen LogP contribution in [0.25, 0.3) is 0 Å². The molecule has 0 saturated heterocycles. The molecule has 0 aromatic carbocycles. The maximum absolute atomic E-state index is 13.8. The molecule has 0 heterocycles. The molecule has 2 unspecified atom stereocenters. The molecule has 4 fully saturated rings. The fourth-order valence-electron chi connectivity index (χ4n) is 7.28. The summed E-state index contributed by atoms with van der Waals surface area (Å²) >= 11 is 0. The number of halogens is 1. The first kappa shape index (κ1) is 14.5. The standard InChI is InChI=1S/C19H31FO/c1-18-9-6-14(20)11-13(18)4-5-15-16(18)7-10-19(12-21)8-2-3-17(15)19/h13-17,21H,2-12H2,1H3/t13?,14?,15-,16+,17+,18+,19+/m1/s1. The highest BCUT2D eigenvalue weighted by Crippen LogP contribution is 2.66. The van der Waals surface area contributed by atoms with Crippen molar-refractivity contribution < 1.29 is 9.50 Å². The van der Waals surface area contributed by atoms with Gasteiger partial charge in [-0.3, -0.25) is 0 Å². The molecule has 0 spiro atoms. The van der Waals surface area contributed by atoms with Gasteiger partial charge in [0.2, 0.25) is 0 Å². The molecule has 1 N–H and O–H groups in total. The quantitative estimate of drug-likeness (QED) is 0.741. The number of fused-ring (bicyclic) bond motifs is 5. The van der Waals surface area contributed by atoms with E-state index in [-0.39, 0.29) is 5.41 Å². The van der Waals surface area contributed by atoms with Gasteiger partial charge in [-0.15, -0.1) is 0 Å². The van der Waals surface area contributed by atoms with Crippen LogP contribution in [0.15, 0.2) is 0 Å². The number of hydrogen-bond donors (Lipinski definition) is 1. The van der Waals surface area contributed by atoms with Crippen molar-refractivity contribution in [2.24, 2.45) is 34.5 Å². The number of hydrogen-bond acceptors (Lipinski definition) is 1. The first-order valence-electron chi connectivity index (χ1n) is 9.34. The summed E-state index contributed by atoms with van der Waals surface area (Å²) in [6, 6.07) is 0. The fourth-order valence-corrected chi connectivity index (χ4v) is 7.28. The Morgan fingerprint density at radius 2 is 1.86 bits per heavy atom. The van der Waals surface area contributed by atoms with Crippen LogP contribution in [0.3, 0.4) is 0 Å². The molecule has 0 bridgehead atoms. The Balaban J connectivity index is 1.62. The minimum absolute atomic E-state index is 0.266. The van der Waals surface area contributed by atoms with Crippen molar-refractivity contribution >= 4 is 0 Å². The van der Waals surface area contributed by atoms with E-state index in [9.17, 15) is 9.50 Å². The molecule has 0 aromatic rings. The molecule has 4 saturated carbocycles. The van der Waals surface area contributed by atoms with Gasteiger partial charge >= 0.3 is 0 Å². The molecular weight excluding hydrogens is 263 g/mol. The van der Waals surface area contributed by atoms with E-state index in [1.807, 2.05) is 0 Å². The van der Waals surface area contributed by atoms with Crippen LogP contribution in [0, 0.1) is 34.5 Å². The molecule has 2 heteroatoms. The molecule has 0 aliphatic heterocycles. The van der Waals surface area contributed by atoms with Crippen molar-refractivity contribution in [3.8, 4) is 0 Å². The molecule has 4 rings (SSSR count). The number of rotatable bonds is 1. The maximum Gasteiger partial charge on any atom is 0.100 e. The van der Waals surface area contributed by atoms with Crippen LogP contribution >= 0.6 is 0 Å². The summed E-state index contributed by atoms with van der Waals surface area (Å²) in [7, 11) is 0. The lowest BCUT2D eigenvalue weighted by atomic mass is 9.45. The second-order valence-electron chi connectivity index (χ2n) is 8.98. The first-order valence-corrected chi connectivity index (χ1v) is 9.34. The van der Waals surface area contributed by atoms with Crippen LogP contribution in [0.4, 0.5) is 4.39 Å². The SMILES string of the molecule is C[C@]12CCC(F)CC1CC[C@H]1[C@@H]3CCC[C@@]3(CO)CC[C@@H]12. The van der Waals surface area contributed by atoms with E-state index in [1.54, 1.807) is 0 Å². The monoisotopic (exact) mass is 294 g/mol. The average Bonchev–Trinajstić information content (AvgIpc) is 2.92. The Bertz CT molecular complexity index is 410. The average molecular weight is 294 g/mol. The predicted molar refractivity (Wildman–Crippen MR) is 82.7 cm³/mol. The van der Waals surface area contributed by atoms with E-state index in [1.165, 1.54) is 44.9 Å². The maximum atomic E-state index is 13.8. The van der Waals surface area contributed by atoms with Gasteiger partial charge in [-0.05, 0) is 92.3 Å². The third-order valence-corrected chi connectivity index (χ3v) is 8.44. The van der Waals surface area contributed by atoms with Crippen LogP contribution in [0.1, 0.15) is 71.1 Å². The Labute approximate surface area is 128 Å². The van der Waals surface area contributed by atoms with Gasteiger partial charge in [0.15, 0.2) is 0 Å². The van der Waals surface area contributed by atoms with Crippen molar-refractivity contribution in [2.75, 3.05) is 6.61 Å². The summed E-state index contributed by atoms with van der Waals surface area (Å²) in [5.41, 5.74) is 0.664. The summed E-state index contributed by atoms with van der Waals surface area (Å²) < 4.78 is 13.8. The van der Waals surface area contributed by atoms with Crippen LogP contribution in [-0.4, -0.2) is 17.9 Å².